The lowest BCUT2D eigenvalue weighted by molar-refractivity contribution is -0.384. The molecule has 20 heavy (non-hydrogen) atoms. The van der Waals surface area contributed by atoms with Crippen LogP contribution in [-0.4, -0.2) is 42.3 Å². The van der Waals surface area contributed by atoms with E-state index in [0.29, 0.717) is 29.8 Å². The van der Waals surface area contributed by atoms with E-state index in [0.717, 1.165) is 19.4 Å². The molecule has 2 N–H and O–H groups in total. The number of nitrogens with one attached hydrogen (secondary N) is 1. The molecule has 0 aromatic heterocycles. The summed E-state index contributed by atoms with van der Waals surface area (Å²) in [5.41, 5.74) is 0.478. The van der Waals surface area contributed by atoms with Crippen LogP contribution in [0.5, 0.6) is 0 Å². The number of hydrogen-bond acceptors (Lipinski definition) is 5. The molecule has 6 nitrogen and oxygen atoms in total. The summed E-state index contributed by atoms with van der Waals surface area (Å²) >= 11 is 5.83. The summed E-state index contributed by atoms with van der Waals surface area (Å²) in [6.45, 7) is 1.93. The third-order valence-corrected chi connectivity index (χ3v) is 3.68. The molecule has 0 aliphatic carbocycles. The molecule has 0 radical (unpaired) electrons. The standard InChI is InChI=1S/C13H18ClN3O3/c14-10-3-4-12(13(8-10)17(19)20)16(6-7-18)9-11-2-1-5-15-11/h3-4,8,11,15,18H,1-2,5-7,9H2. The fourth-order valence-electron chi connectivity index (χ4n) is 2.52. The molecule has 0 bridgehead atoms. The fraction of sp³-hybridized carbons (Fsp3) is 0.538. The van der Waals surface area contributed by atoms with Crippen LogP contribution in [0, 0.1) is 10.1 Å². The zero-order valence-corrected chi connectivity index (χ0v) is 11.8. The van der Waals surface area contributed by atoms with E-state index in [4.69, 9.17) is 11.6 Å². The van der Waals surface area contributed by atoms with Gasteiger partial charge in [-0.15, -0.1) is 0 Å². The van der Waals surface area contributed by atoms with Crippen molar-refractivity contribution in [2.45, 2.75) is 18.9 Å². The lowest BCUT2D eigenvalue weighted by Gasteiger charge is -2.27. The third kappa shape index (κ3) is 3.59. The molecule has 1 unspecified atom stereocenters. The van der Waals surface area contributed by atoms with Crippen LogP contribution in [0.1, 0.15) is 12.8 Å². The molecule has 1 heterocycles. The van der Waals surface area contributed by atoms with Gasteiger partial charge in [-0.2, -0.15) is 0 Å². The van der Waals surface area contributed by atoms with Gasteiger partial charge in [-0.1, -0.05) is 11.6 Å². The number of benzene rings is 1. The summed E-state index contributed by atoms with van der Waals surface area (Å²) in [5, 5.41) is 24.1. The van der Waals surface area contributed by atoms with E-state index in [1.165, 1.54) is 6.07 Å². The van der Waals surface area contributed by atoms with Crippen molar-refractivity contribution in [3.63, 3.8) is 0 Å². The number of aliphatic hydroxyl groups excluding tert-OH is 1. The average molecular weight is 300 g/mol. The molecule has 2 rings (SSSR count). The Kier molecular flexibility index (Phi) is 5.17. The van der Waals surface area contributed by atoms with Gasteiger partial charge in [0.05, 0.1) is 11.5 Å². The minimum absolute atomic E-state index is 0.0241. The number of nitrogens with zero attached hydrogens (tertiary/aromatic N) is 2. The Morgan fingerprint density at radius 1 is 1.55 bits per heavy atom. The second kappa shape index (κ2) is 6.88. The summed E-state index contributed by atoms with van der Waals surface area (Å²) in [7, 11) is 0. The maximum atomic E-state index is 11.2. The van der Waals surface area contributed by atoms with Crippen molar-refractivity contribution >= 4 is 23.0 Å². The second-order valence-corrected chi connectivity index (χ2v) is 5.29. The van der Waals surface area contributed by atoms with Crippen molar-refractivity contribution in [1.82, 2.24) is 5.32 Å². The Bertz CT molecular complexity index is 478. The first-order chi connectivity index (χ1) is 9.61. The lowest BCUT2D eigenvalue weighted by atomic mass is 10.2. The lowest BCUT2D eigenvalue weighted by Crippen LogP contribution is -2.39. The zero-order chi connectivity index (χ0) is 14.5. The molecule has 110 valence electrons. The van der Waals surface area contributed by atoms with E-state index < -0.39 is 4.92 Å². The monoisotopic (exact) mass is 299 g/mol. The summed E-state index contributed by atoms with van der Waals surface area (Å²) in [6.07, 6.45) is 2.16. The second-order valence-electron chi connectivity index (χ2n) is 4.85. The van der Waals surface area contributed by atoms with E-state index in [9.17, 15) is 15.2 Å². The Morgan fingerprint density at radius 2 is 2.35 bits per heavy atom. The van der Waals surface area contributed by atoms with Crippen LogP contribution < -0.4 is 10.2 Å². The van der Waals surface area contributed by atoms with Crippen LogP contribution in [0.3, 0.4) is 0 Å². The first-order valence-corrected chi connectivity index (χ1v) is 7.02. The van der Waals surface area contributed by atoms with Gasteiger partial charge in [0.15, 0.2) is 0 Å². The minimum atomic E-state index is -0.437. The highest BCUT2D eigenvalue weighted by molar-refractivity contribution is 6.30. The minimum Gasteiger partial charge on any atom is -0.395 e. The number of halogens is 1. The van der Waals surface area contributed by atoms with Gasteiger partial charge in [0.25, 0.3) is 5.69 Å². The number of nitro groups is 1. The van der Waals surface area contributed by atoms with Crippen LogP contribution in [0.4, 0.5) is 11.4 Å². The maximum absolute atomic E-state index is 11.2. The SMILES string of the molecule is O=[N+]([O-])c1cc(Cl)ccc1N(CCO)CC1CCCN1. The topological polar surface area (TPSA) is 78.6 Å². The summed E-state index contributed by atoms with van der Waals surface area (Å²) in [4.78, 5) is 12.6. The van der Waals surface area contributed by atoms with Crippen molar-refractivity contribution in [2.75, 3.05) is 31.1 Å². The summed E-state index contributed by atoms with van der Waals surface area (Å²) in [6, 6.07) is 4.93. The largest absolute Gasteiger partial charge is 0.395 e. The van der Waals surface area contributed by atoms with Gasteiger partial charge in [-0.3, -0.25) is 10.1 Å². The summed E-state index contributed by atoms with van der Waals surface area (Å²) in [5.74, 6) is 0. The maximum Gasteiger partial charge on any atom is 0.294 e. The van der Waals surface area contributed by atoms with Crippen LogP contribution >= 0.6 is 11.6 Å². The van der Waals surface area contributed by atoms with Crippen LogP contribution in [0.15, 0.2) is 18.2 Å². The molecule has 1 atom stereocenters. The summed E-state index contributed by atoms with van der Waals surface area (Å²) < 4.78 is 0. The molecule has 1 aliphatic rings. The van der Waals surface area contributed by atoms with E-state index in [1.54, 1.807) is 12.1 Å². The van der Waals surface area contributed by atoms with Crippen molar-refractivity contribution in [3.8, 4) is 0 Å². The first kappa shape index (κ1) is 15.0. The molecular weight excluding hydrogens is 282 g/mol. The molecule has 1 aromatic carbocycles. The van der Waals surface area contributed by atoms with Crippen LogP contribution in [-0.2, 0) is 0 Å². The van der Waals surface area contributed by atoms with Gasteiger partial charge in [-0.25, -0.2) is 0 Å². The van der Waals surface area contributed by atoms with Gasteiger partial charge in [-0.05, 0) is 31.5 Å². The number of nitro benzene ring substituents is 1. The Morgan fingerprint density at radius 3 is 2.95 bits per heavy atom. The predicted molar refractivity (Wildman–Crippen MR) is 78.4 cm³/mol. The van der Waals surface area contributed by atoms with Crippen LogP contribution in [0.2, 0.25) is 5.02 Å². The van der Waals surface area contributed by atoms with Crippen LogP contribution in [0.25, 0.3) is 0 Å². The third-order valence-electron chi connectivity index (χ3n) is 3.45. The Balaban J connectivity index is 2.25. The zero-order valence-electron chi connectivity index (χ0n) is 11.1. The Labute approximate surface area is 122 Å². The number of aliphatic hydroxyl groups is 1. The molecule has 1 aromatic rings. The smallest absolute Gasteiger partial charge is 0.294 e. The molecule has 1 fully saturated rings. The number of rotatable bonds is 6. The van der Waals surface area contributed by atoms with Crippen molar-refractivity contribution in [3.05, 3.63) is 33.3 Å². The molecule has 7 heteroatoms. The normalized spacial score (nSPS) is 18.2. The fourth-order valence-corrected chi connectivity index (χ4v) is 2.69. The number of anilines is 1. The molecule has 0 saturated carbocycles. The highest BCUT2D eigenvalue weighted by Crippen LogP contribution is 2.31. The van der Waals surface area contributed by atoms with Gasteiger partial charge >= 0.3 is 0 Å². The van der Waals surface area contributed by atoms with Gasteiger partial charge < -0.3 is 15.3 Å². The van der Waals surface area contributed by atoms with Crippen molar-refractivity contribution in [1.29, 1.82) is 0 Å². The van der Waals surface area contributed by atoms with Crippen molar-refractivity contribution in [2.24, 2.45) is 0 Å². The number of hydrogen-bond donors (Lipinski definition) is 2. The highest BCUT2D eigenvalue weighted by Gasteiger charge is 2.23. The molecular formula is C13H18ClN3O3. The highest BCUT2D eigenvalue weighted by atomic mass is 35.5. The quantitative estimate of drug-likeness (QED) is 0.618. The molecule has 0 amide bonds. The van der Waals surface area contributed by atoms with E-state index in [1.807, 2.05) is 4.90 Å². The molecule has 0 spiro atoms. The predicted octanol–water partition coefficient (Wildman–Crippen LogP) is 1.80. The van der Waals surface area contributed by atoms with Gasteiger partial charge in [0.2, 0.25) is 0 Å². The molecule has 1 aliphatic heterocycles. The average Bonchev–Trinajstić information content (AvgIpc) is 2.91. The van der Waals surface area contributed by atoms with Crippen molar-refractivity contribution < 1.29 is 10.0 Å². The van der Waals surface area contributed by atoms with E-state index in [2.05, 4.69) is 5.32 Å². The van der Waals surface area contributed by atoms with Gasteiger partial charge in [0.1, 0.15) is 5.69 Å². The first-order valence-electron chi connectivity index (χ1n) is 6.65. The Hall–Kier alpha value is -1.37. The van der Waals surface area contributed by atoms with Gasteiger partial charge in [0, 0.05) is 30.2 Å². The molecule has 1 saturated heterocycles. The van der Waals surface area contributed by atoms with E-state index in [-0.39, 0.29) is 12.3 Å². The van der Waals surface area contributed by atoms with E-state index >= 15 is 0 Å².